The second-order valence-corrected chi connectivity index (χ2v) is 4.74. The number of nitro benzene ring substituents is 1. The number of anilines is 2. The van der Waals surface area contributed by atoms with Crippen LogP contribution in [0, 0.1) is 16.0 Å². The van der Waals surface area contributed by atoms with E-state index in [1.165, 1.54) is 6.07 Å². The Kier molecular flexibility index (Phi) is 3.66. The molecule has 2 unspecified atom stereocenters. The van der Waals surface area contributed by atoms with Gasteiger partial charge in [0.25, 0.3) is 5.69 Å². The zero-order valence-electron chi connectivity index (χ0n) is 10.0. The Morgan fingerprint density at radius 2 is 2.28 bits per heavy atom. The van der Waals surface area contributed by atoms with Crippen LogP contribution in [0.25, 0.3) is 0 Å². The molecule has 4 N–H and O–H groups in total. The largest absolute Gasteiger partial charge is 0.393 e. The van der Waals surface area contributed by atoms with Crippen molar-refractivity contribution in [3.8, 4) is 0 Å². The predicted molar refractivity (Wildman–Crippen MR) is 69.3 cm³/mol. The molecule has 6 heteroatoms. The van der Waals surface area contributed by atoms with Crippen molar-refractivity contribution in [2.45, 2.75) is 25.4 Å². The second kappa shape index (κ2) is 5.22. The maximum Gasteiger partial charge on any atom is 0.292 e. The molecular formula is C12H17N3O3. The maximum absolute atomic E-state index is 10.6. The Hall–Kier alpha value is -1.82. The molecule has 0 aliphatic heterocycles. The molecule has 18 heavy (non-hydrogen) atoms. The van der Waals surface area contributed by atoms with E-state index in [-0.39, 0.29) is 17.5 Å². The molecule has 0 saturated heterocycles. The third-order valence-corrected chi connectivity index (χ3v) is 3.33. The molecule has 0 bridgehead atoms. The lowest BCUT2D eigenvalue weighted by Crippen LogP contribution is -2.12. The van der Waals surface area contributed by atoms with Crippen LogP contribution in [0.5, 0.6) is 0 Å². The molecule has 1 fully saturated rings. The number of hydrogen-bond donors (Lipinski definition) is 3. The summed E-state index contributed by atoms with van der Waals surface area (Å²) in [4.78, 5) is 10.1. The summed E-state index contributed by atoms with van der Waals surface area (Å²) < 4.78 is 0. The minimum Gasteiger partial charge on any atom is -0.393 e. The minimum absolute atomic E-state index is 0.0724. The van der Waals surface area contributed by atoms with Crippen LogP contribution in [0.2, 0.25) is 0 Å². The first kappa shape index (κ1) is 12.6. The molecular weight excluding hydrogens is 234 g/mol. The van der Waals surface area contributed by atoms with Crippen molar-refractivity contribution in [3.63, 3.8) is 0 Å². The van der Waals surface area contributed by atoms with E-state index in [0.717, 1.165) is 31.5 Å². The van der Waals surface area contributed by atoms with Crippen molar-refractivity contribution in [1.29, 1.82) is 0 Å². The van der Waals surface area contributed by atoms with Crippen molar-refractivity contribution in [2.75, 3.05) is 17.6 Å². The molecule has 1 aliphatic rings. The Labute approximate surface area is 105 Å². The lowest BCUT2D eigenvalue weighted by molar-refractivity contribution is -0.383. The standard InChI is InChI=1S/C12H17N3O3/c13-11-6-9(2-4-12(11)15(17)18)14-7-8-1-3-10(16)5-8/h2,4,6,8,10,14,16H,1,3,5,7,13H2. The van der Waals surface area contributed by atoms with Gasteiger partial charge in [0.15, 0.2) is 0 Å². The van der Waals surface area contributed by atoms with Crippen molar-refractivity contribution in [2.24, 2.45) is 5.92 Å². The summed E-state index contributed by atoms with van der Waals surface area (Å²) in [6.45, 7) is 0.758. The molecule has 0 spiro atoms. The van der Waals surface area contributed by atoms with E-state index in [2.05, 4.69) is 5.32 Å². The number of aliphatic hydroxyl groups is 1. The van der Waals surface area contributed by atoms with Crippen LogP contribution < -0.4 is 11.1 Å². The first-order chi connectivity index (χ1) is 8.56. The first-order valence-corrected chi connectivity index (χ1v) is 6.02. The summed E-state index contributed by atoms with van der Waals surface area (Å²) in [6, 6.07) is 4.63. The van der Waals surface area contributed by atoms with E-state index < -0.39 is 4.92 Å². The molecule has 6 nitrogen and oxygen atoms in total. The molecule has 2 rings (SSSR count). The highest BCUT2D eigenvalue weighted by atomic mass is 16.6. The number of nitrogens with one attached hydrogen (secondary N) is 1. The Balaban J connectivity index is 1.94. The van der Waals surface area contributed by atoms with Crippen LogP contribution in [0.4, 0.5) is 17.1 Å². The summed E-state index contributed by atoms with van der Waals surface area (Å²) in [6.07, 6.45) is 2.50. The summed E-state index contributed by atoms with van der Waals surface area (Å²) in [5.41, 5.74) is 6.47. The van der Waals surface area contributed by atoms with Gasteiger partial charge < -0.3 is 16.2 Å². The van der Waals surface area contributed by atoms with Crippen molar-refractivity contribution < 1.29 is 10.0 Å². The highest BCUT2D eigenvalue weighted by Crippen LogP contribution is 2.27. The van der Waals surface area contributed by atoms with Crippen molar-refractivity contribution >= 4 is 17.1 Å². The highest BCUT2D eigenvalue weighted by Gasteiger charge is 2.22. The van der Waals surface area contributed by atoms with Crippen LogP contribution in [-0.4, -0.2) is 22.7 Å². The third kappa shape index (κ3) is 2.89. The number of hydrogen-bond acceptors (Lipinski definition) is 5. The first-order valence-electron chi connectivity index (χ1n) is 6.02. The van der Waals surface area contributed by atoms with Gasteiger partial charge in [-0.15, -0.1) is 0 Å². The second-order valence-electron chi connectivity index (χ2n) is 4.74. The number of nitrogens with two attached hydrogens (primary N) is 1. The number of aliphatic hydroxyl groups excluding tert-OH is 1. The number of nitrogen functional groups attached to an aromatic ring is 1. The molecule has 0 heterocycles. The fourth-order valence-corrected chi connectivity index (χ4v) is 2.33. The lowest BCUT2D eigenvalue weighted by Gasteiger charge is -2.12. The molecule has 1 aromatic carbocycles. The average Bonchev–Trinajstić information content (AvgIpc) is 2.72. The van der Waals surface area contributed by atoms with Gasteiger partial charge >= 0.3 is 0 Å². The Bertz CT molecular complexity index is 450. The zero-order valence-corrected chi connectivity index (χ0v) is 10.0. The molecule has 2 atom stereocenters. The third-order valence-electron chi connectivity index (χ3n) is 3.33. The molecule has 1 aromatic rings. The SMILES string of the molecule is Nc1cc(NCC2CCC(O)C2)ccc1[N+](=O)[O-]. The molecule has 1 aliphatic carbocycles. The van der Waals surface area contributed by atoms with Crippen LogP contribution >= 0.6 is 0 Å². The van der Waals surface area contributed by atoms with Gasteiger partial charge in [0.1, 0.15) is 5.69 Å². The van der Waals surface area contributed by atoms with Gasteiger partial charge in [0.05, 0.1) is 11.0 Å². The maximum atomic E-state index is 10.6. The van der Waals surface area contributed by atoms with E-state index >= 15 is 0 Å². The van der Waals surface area contributed by atoms with Crippen LogP contribution in [0.3, 0.4) is 0 Å². The van der Waals surface area contributed by atoms with Gasteiger partial charge in [0, 0.05) is 18.3 Å². The monoisotopic (exact) mass is 251 g/mol. The topological polar surface area (TPSA) is 101 Å². The fraction of sp³-hybridized carbons (Fsp3) is 0.500. The molecule has 98 valence electrons. The normalized spacial score (nSPS) is 22.9. The summed E-state index contributed by atoms with van der Waals surface area (Å²) >= 11 is 0. The van der Waals surface area contributed by atoms with Crippen molar-refractivity contribution in [1.82, 2.24) is 0 Å². The minimum atomic E-state index is -0.494. The molecule has 1 saturated carbocycles. The van der Waals surface area contributed by atoms with Gasteiger partial charge in [-0.2, -0.15) is 0 Å². The van der Waals surface area contributed by atoms with Gasteiger partial charge in [-0.25, -0.2) is 0 Å². The predicted octanol–water partition coefficient (Wildman–Crippen LogP) is 1.75. The van der Waals surface area contributed by atoms with Crippen molar-refractivity contribution in [3.05, 3.63) is 28.3 Å². The van der Waals surface area contributed by atoms with Gasteiger partial charge in [-0.05, 0) is 37.3 Å². The van der Waals surface area contributed by atoms with Crippen LogP contribution in [0.1, 0.15) is 19.3 Å². The summed E-state index contributed by atoms with van der Waals surface area (Å²) in [5, 5.41) is 23.2. The summed E-state index contributed by atoms with van der Waals surface area (Å²) in [5.74, 6) is 0.455. The lowest BCUT2D eigenvalue weighted by atomic mass is 10.1. The highest BCUT2D eigenvalue weighted by molar-refractivity contribution is 5.65. The number of nitro groups is 1. The van der Waals surface area contributed by atoms with Gasteiger partial charge in [-0.1, -0.05) is 0 Å². The number of benzene rings is 1. The fourth-order valence-electron chi connectivity index (χ4n) is 2.33. The number of rotatable bonds is 4. The molecule has 0 radical (unpaired) electrons. The van der Waals surface area contributed by atoms with E-state index in [9.17, 15) is 15.2 Å². The smallest absolute Gasteiger partial charge is 0.292 e. The zero-order chi connectivity index (χ0) is 13.1. The quantitative estimate of drug-likeness (QED) is 0.430. The Morgan fingerprint density at radius 1 is 1.50 bits per heavy atom. The van der Waals surface area contributed by atoms with Crippen LogP contribution in [-0.2, 0) is 0 Å². The summed E-state index contributed by atoms with van der Waals surface area (Å²) in [7, 11) is 0. The molecule has 0 aromatic heterocycles. The van der Waals surface area contributed by atoms with E-state index in [1.807, 2.05) is 0 Å². The van der Waals surface area contributed by atoms with Crippen LogP contribution in [0.15, 0.2) is 18.2 Å². The van der Waals surface area contributed by atoms with Gasteiger partial charge in [0.2, 0.25) is 0 Å². The van der Waals surface area contributed by atoms with E-state index in [0.29, 0.717) is 5.92 Å². The van der Waals surface area contributed by atoms with E-state index in [1.54, 1.807) is 12.1 Å². The van der Waals surface area contributed by atoms with E-state index in [4.69, 9.17) is 5.73 Å². The Morgan fingerprint density at radius 3 is 2.83 bits per heavy atom. The number of nitrogens with zero attached hydrogens (tertiary/aromatic N) is 1. The van der Waals surface area contributed by atoms with Gasteiger partial charge in [-0.3, -0.25) is 10.1 Å². The molecule has 0 amide bonds. The average molecular weight is 251 g/mol.